The Bertz CT molecular complexity index is 299. The maximum atomic E-state index is 4.34. The highest BCUT2D eigenvalue weighted by molar-refractivity contribution is 14.0. The van der Waals surface area contributed by atoms with Crippen molar-refractivity contribution in [2.75, 3.05) is 38.7 Å². The van der Waals surface area contributed by atoms with E-state index >= 15 is 0 Å². The van der Waals surface area contributed by atoms with Gasteiger partial charge in [0.05, 0.1) is 0 Å². The number of nitrogens with zero attached hydrogens (tertiary/aromatic N) is 2. The molecular weight excluding hydrogens is 395 g/mol. The number of nitrogens with one attached hydrogen (secondary N) is 2. The first-order chi connectivity index (χ1) is 9.58. The van der Waals surface area contributed by atoms with Crippen molar-refractivity contribution in [3.05, 3.63) is 0 Å². The average Bonchev–Trinajstić information content (AvgIpc) is 2.78. The minimum absolute atomic E-state index is 0. The highest BCUT2D eigenvalue weighted by Crippen LogP contribution is 2.18. The summed E-state index contributed by atoms with van der Waals surface area (Å²) in [6, 6.07) is 1.14. The average molecular weight is 428 g/mol. The lowest BCUT2D eigenvalue weighted by molar-refractivity contribution is 0.265. The molecule has 0 spiro atoms. The molecule has 0 saturated carbocycles. The van der Waals surface area contributed by atoms with Gasteiger partial charge in [-0.2, -0.15) is 11.8 Å². The third kappa shape index (κ3) is 7.93. The van der Waals surface area contributed by atoms with Gasteiger partial charge >= 0.3 is 0 Å². The van der Waals surface area contributed by atoms with E-state index in [1.807, 2.05) is 18.8 Å². The summed E-state index contributed by atoms with van der Waals surface area (Å²) in [5.41, 5.74) is 0. The van der Waals surface area contributed by atoms with Crippen LogP contribution in [0.5, 0.6) is 0 Å². The summed E-state index contributed by atoms with van der Waals surface area (Å²) in [5.74, 6) is 2.88. The SMILES string of the molecule is CN=C(NCCCCSC)NC1CN(C(C)C)CC1C.I. The van der Waals surface area contributed by atoms with E-state index in [2.05, 4.69) is 47.6 Å². The number of hydrogen-bond acceptors (Lipinski definition) is 3. The Morgan fingerprint density at radius 2 is 2.05 bits per heavy atom. The van der Waals surface area contributed by atoms with Gasteiger partial charge < -0.3 is 10.6 Å². The van der Waals surface area contributed by atoms with Gasteiger partial charge in [-0.1, -0.05) is 6.92 Å². The van der Waals surface area contributed by atoms with Crippen LogP contribution in [0.1, 0.15) is 33.6 Å². The Morgan fingerprint density at radius 1 is 1.33 bits per heavy atom. The molecule has 1 heterocycles. The number of unbranched alkanes of at least 4 members (excludes halogenated alkanes) is 1. The topological polar surface area (TPSA) is 39.7 Å². The first-order valence-corrected chi connectivity index (χ1v) is 9.18. The molecule has 0 radical (unpaired) electrons. The normalized spacial score (nSPS) is 23.2. The number of likely N-dealkylation sites (tertiary alicyclic amines) is 1. The minimum Gasteiger partial charge on any atom is -0.356 e. The van der Waals surface area contributed by atoms with Gasteiger partial charge in [-0.3, -0.25) is 9.89 Å². The summed E-state index contributed by atoms with van der Waals surface area (Å²) >= 11 is 1.92. The number of rotatable bonds is 7. The predicted octanol–water partition coefficient (Wildman–Crippen LogP) is 2.64. The molecule has 0 aromatic heterocycles. The maximum Gasteiger partial charge on any atom is 0.191 e. The molecule has 1 aliphatic heterocycles. The fraction of sp³-hybridized carbons (Fsp3) is 0.933. The summed E-state index contributed by atoms with van der Waals surface area (Å²) in [5, 5.41) is 7.01. The zero-order valence-corrected chi connectivity index (χ0v) is 17.3. The van der Waals surface area contributed by atoms with E-state index in [9.17, 15) is 0 Å². The van der Waals surface area contributed by atoms with Crippen molar-refractivity contribution in [3.63, 3.8) is 0 Å². The number of hydrogen-bond donors (Lipinski definition) is 2. The molecule has 6 heteroatoms. The van der Waals surface area contributed by atoms with Crippen molar-refractivity contribution >= 4 is 41.7 Å². The first kappa shape index (κ1) is 21.3. The smallest absolute Gasteiger partial charge is 0.191 e. The van der Waals surface area contributed by atoms with Crippen molar-refractivity contribution in [1.29, 1.82) is 0 Å². The van der Waals surface area contributed by atoms with Gasteiger partial charge in [-0.15, -0.1) is 24.0 Å². The lowest BCUT2D eigenvalue weighted by Crippen LogP contribution is -2.47. The van der Waals surface area contributed by atoms with Gasteiger partial charge in [0.2, 0.25) is 0 Å². The second-order valence-corrected chi connectivity index (χ2v) is 6.96. The monoisotopic (exact) mass is 428 g/mol. The summed E-state index contributed by atoms with van der Waals surface area (Å²) in [6.07, 6.45) is 4.64. The molecule has 1 rings (SSSR count). The largest absolute Gasteiger partial charge is 0.356 e. The van der Waals surface area contributed by atoms with E-state index in [0.717, 1.165) is 19.0 Å². The van der Waals surface area contributed by atoms with Gasteiger partial charge in [-0.05, 0) is 44.6 Å². The summed E-state index contributed by atoms with van der Waals surface area (Å²) in [6.45, 7) is 10.2. The van der Waals surface area contributed by atoms with Crippen LogP contribution in [0.4, 0.5) is 0 Å². The Labute approximate surface area is 152 Å². The molecule has 0 aromatic rings. The van der Waals surface area contributed by atoms with E-state index in [1.54, 1.807) is 0 Å². The summed E-state index contributed by atoms with van der Waals surface area (Å²) in [7, 11) is 1.86. The minimum atomic E-state index is 0. The van der Waals surface area contributed by atoms with Crippen molar-refractivity contribution in [2.24, 2.45) is 10.9 Å². The molecule has 126 valence electrons. The quantitative estimate of drug-likeness (QED) is 0.283. The van der Waals surface area contributed by atoms with E-state index in [-0.39, 0.29) is 24.0 Å². The molecule has 2 N–H and O–H groups in total. The van der Waals surface area contributed by atoms with E-state index in [0.29, 0.717) is 18.0 Å². The van der Waals surface area contributed by atoms with Crippen molar-refractivity contribution in [3.8, 4) is 0 Å². The Hall–Kier alpha value is 0.310. The molecular formula is C15H33IN4S. The predicted molar refractivity (Wildman–Crippen MR) is 107 cm³/mol. The van der Waals surface area contributed by atoms with Crippen LogP contribution >= 0.6 is 35.7 Å². The lowest BCUT2D eigenvalue weighted by Gasteiger charge is -2.21. The van der Waals surface area contributed by atoms with E-state index in [4.69, 9.17) is 0 Å². The zero-order valence-electron chi connectivity index (χ0n) is 14.2. The molecule has 0 bridgehead atoms. The highest BCUT2D eigenvalue weighted by atomic mass is 127. The number of thioether (sulfide) groups is 1. The molecule has 1 aliphatic rings. The van der Waals surface area contributed by atoms with Crippen LogP contribution in [0.3, 0.4) is 0 Å². The van der Waals surface area contributed by atoms with Gasteiger partial charge in [0.15, 0.2) is 5.96 Å². The lowest BCUT2D eigenvalue weighted by atomic mass is 10.1. The van der Waals surface area contributed by atoms with Crippen LogP contribution in [0.15, 0.2) is 4.99 Å². The van der Waals surface area contributed by atoms with Crippen LogP contribution in [-0.4, -0.2) is 61.6 Å². The van der Waals surface area contributed by atoms with Crippen molar-refractivity contribution in [2.45, 2.75) is 45.7 Å². The molecule has 0 amide bonds. The van der Waals surface area contributed by atoms with Crippen molar-refractivity contribution in [1.82, 2.24) is 15.5 Å². The Kier molecular flexibility index (Phi) is 12.0. The van der Waals surface area contributed by atoms with Crippen LogP contribution < -0.4 is 10.6 Å². The van der Waals surface area contributed by atoms with Crippen molar-refractivity contribution < 1.29 is 0 Å². The van der Waals surface area contributed by atoms with Gasteiger partial charge in [-0.25, -0.2) is 0 Å². The molecule has 2 atom stereocenters. The summed E-state index contributed by atoms with van der Waals surface area (Å²) in [4.78, 5) is 6.88. The molecule has 2 unspecified atom stereocenters. The third-order valence-corrected chi connectivity index (χ3v) is 4.68. The number of halogens is 1. The maximum absolute atomic E-state index is 4.34. The fourth-order valence-corrected chi connectivity index (χ4v) is 3.06. The fourth-order valence-electron chi connectivity index (χ4n) is 2.56. The molecule has 1 fully saturated rings. The third-order valence-electron chi connectivity index (χ3n) is 3.98. The molecule has 0 aromatic carbocycles. The van der Waals surface area contributed by atoms with Crippen LogP contribution in [0.25, 0.3) is 0 Å². The molecule has 4 nitrogen and oxygen atoms in total. The molecule has 0 aliphatic carbocycles. The molecule has 1 saturated heterocycles. The van der Waals surface area contributed by atoms with E-state index in [1.165, 1.54) is 25.1 Å². The van der Waals surface area contributed by atoms with Crippen LogP contribution in [0, 0.1) is 5.92 Å². The Morgan fingerprint density at radius 3 is 2.57 bits per heavy atom. The zero-order chi connectivity index (χ0) is 15.0. The molecule has 21 heavy (non-hydrogen) atoms. The number of guanidine groups is 1. The highest BCUT2D eigenvalue weighted by Gasteiger charge is 2.31. The first-order valence-electron chi connectivity index (χ1n) is 7.78. The number of aliphatic imine (C=N–C) groups is 1. The van der Waals surface area contributed by atoms with Gasteiger partial charge in [0, 0.05) is 38.8 Å². The van der Waals surface area contributed by atoms with Crippen LogP contribution in [0.2, 0.25) is 0 Å². The van der Waals surface area contributed by atoms with Crippen LogP contribution in [-0.2, 0) is 0 Å². The second-order valence-electron chi connectivity index (χ2n) is 5.97. The van der Waals surface area contributed by atoms with Gasteiger partial charge in [0.25, 0.3) is 0 Å². The van der Waals surface area contributed by atoms with E-state index < -0.39 is 0 Å². The Balaban J connectivity index is 0.00000400. The standard InChI is InChI=1S/C15H32N4S.HI/c1-12(2)19-10-13(3)14(11-19)18-15(16-4)17-8-6-7-9-20-5;/h12-14H,6-11H2,1-5H3,(H2,16,17,18);1H. The van der Waals surface area contributed by atoms with Gasteiger partial charge in [0.1, 0.15) is 0 Å². The second kappa shape index (κ2) is 11.8. The summed E-state index contributed by atoms with van der Waals surface area (Å²) < 4.78 is 0.